The molecule has 1 aromatic heterocycles. The summed E-state index contributed by atoms with van der Waals surface area (Å²) in [6, 6.07) is 5.84. The minimum atomic E-state index is -0.947. The lowest BCUT2D eigenvalue weighted by Crippen LogP contribution is -2.62. The quantitative estimate of drug-likeness (QED) is 0.783. The highest BCUT2D eigenvalue weighted by atomic mass is 16.5. The number of ether oxygens (including phenoxy) is 1. The van der Waals surface area contributed by atoms with Crippen molar-refractivity contribution in [1.82, 2.24) is 14.8 Å². The maximum absolute atomic E-state index is 12.9. The Morgan fingerprint density at radius 2 is 1.88 bits per heavy atom. The van der Waals surface area contributed by atoms with E-state index in [1.54, 1.807) is 18.0 Å². The summed E-state index contributed by atoms with van der Waals surface area (Å²) in [4.78, 5) is 34.6. The molecule has 2 amide bonds. The summed E-state index contributed by atoms with van der Waals surface area (Å²) >= 11 is 0. The molecular weight excluding hydrogens is 308 g/mol. The molecule has 2 fully saturated rings. The number of nitrogens with zero attached hydrogens (tertiary/aromatic N) is 4. The average Bonchev–Trinajstić information content (AvgIpc) is 2.62. The van der Waals surface area contributed by atoms with E-state index in [2.05, 4.69) is 9.88 Å². The Morgan fingerprint density at radius 3 is 2.50 bits per heavy atom. The Bertz CT molecular complexity index is 601. The highest BCUT2D eigenvalue weighted by Crippen LogP contribution is 2.22. The summed E-state index contributed by atoms with van der Waals surface area (Å²) in [5.41, 5.74) is -0.947. The van der Waals surface area contributed by atoms with Crippen molar-refractivity contribution in [2.75, 3.05) is 50.8 Å². The number of aromatic nitrogens is 1. The molecule has 0 aromatic carbocycles. The van der Waals surface area contributed by atoms with Crippen molar-refractivity contribution in [2.45, 2.75) is 19.4 Å². The molecule has 0 spiro atoms. The van der Waals surface area contributed by atoms with Gasteiger partial charge in [-0.3, -0.25) is 9.59 Å². The van der Waals surface area contributed by atoms with Crippen LogP contribution in [0.15, 0.2) is 24.4 Å². The molecule has 1 atom stereocenters. The Labute approximate surface area is 142 Å². The Morgan fingerprint density at radius 1 is 1.12 bits per heavy atom. The zero-order valence-corrected chi connectivity index (χ0v) is 14.3. The lowest BCUT2D eigenvalue weighted by molar-refractivity contribution is -0.171. The molecular formula is C17H24N4O3. The smallest absolute Gasteiger partial charge is 0.256 e. The van der Waals surface area contributed by atoms with Crippen LogP contribution in [0.1, 0.15) is 13.8 Å². The third-order valence-corrected chi connectivity index (χ3v) is 4.71. The third-order valence-electron chi connectivity index (χ3n) is 4.71. The van der Waals surface area contributed by atoms with Crippen LogP contribution in [-0.4, -0.2) is 78.1 Å². The third kappa shape index (κ3) is 3.36. The molecule has 2 aliphatic rings. The maximum Gasteiger partial charge on any atom is 0.256 e. The second kappa shape index (κ2) is 6.76. The molecule has 0 N–H and O–H groups in total. The average molecular weight is 332 g/mol. The van der Waals surface area contributed by atoms with E-state index in [1.165, 1.54) is 6.92 Å². The lowest BCUT2D eigenvalue weighted by Gasteiger charge is -2.43. The summed E-state index contributed by atoms with van der Waals surface area (Å²) in [5, 5.41) is 0. The molecule has 2 aliphatic heterocycles. The van der Waals surface area contributed by atoms with E-state index < -0.39 is 5.60 Å². The monoisotopic (exact) mass is 332 g/mol. The van der Waals surface area contributed by atoms with Crippen LogP contribution in [0.4, 0.5) is 5.82 Å². The minimum absolute atomic E-state index is 0.0164. The second-order valence-electron chi connectivity index (χ2n) is 6.49. The predicted molar refractivity (Wildman–Crippen MR) is 89.6 cm³/mol. The zero-order chi connectivity index (χ0) is 17.2. The van der Waals surface area contributed by atoms with Gasteiger partial charge in [-0.05, 0) is 19.1 Å². The number of piperazine rings is 1. The van der Waals surface area contributed by atoms with Gasteiger partial charge < -0.3 is 19.4 Å². The molecule has 2 saturated heterocycles. The van der Waals surface area contributed by atoms with E-state index in [0.29, 0.717) is 32.8 Å². The topological polar surface area (TPSA) is 66.0 Å². The SMILES string of the molecule is CC(=O)N1CCO[C@](C)(C(=O)N2CCN(c3ccccn3)CC2)C1. The van der Waals surface area contributed by atoms with Crippen molar-refractivity contribution in [3.63, 3.8) is 0 Å². The van der Waals surface area contributed by atoms with Crippen LogP contribution in [0.5, 0.6) is 0 Å². The number of hydrogen-bond donors (Lipinski definition) is 0. The molecule has 1 aromatic rings. The number of carbonyl (C=O) groups excluding carboxylic acids is 2. The number of rotatable bonds is 2. The first-order valence-electron chi connectivity index (χ1n) is 8.34. The summed E-state index contributed by atoms with van der Waals surface area (Å²) in [6.45, 7) is 7.34. The molecule has 7 heteroatoms. The van der Waals surface area contributed by atoms with E-state index in [-0.39, 0.29) is 11.8 Å². The highest BCUT2D eigenvalue weighted by molar-refractivity contribution is 5.86. The molecule has 3 rings (SSSR count). The van der Waals surface area contributed by atoms with Gasteiger partial charge in [-0.2, -0.15) is 0 Å². The summed E-state index contributed by atoms with van der Waals surface area (Å²) in [5.74, 6) is 0.888. The van der Waals surface area contributed by atoms with Gasteiger partial charge in [0.25, 0.3) is 5.91 Å². The Hall–Kier alpha value is -2.15. The molecule has 0 unspecified atom stereocenters. The fourth-order valence-corrected chi connectivity index (χ4v) is 3.28. The van der Waals surface area contributed by atoms with Crippen LogP contribution in [0, 0.1) is 0 Å². The van der Waals surface area contributed by atoms with Gasteiger partial charge in [0.1, 0.15) is 5.82 Å². The molecule has 3 heterocycles. The number of pyridine rings is 1. The summed E-state index contributed by atoms with van der Waals surface area (Å²) in [7, 11) is 0. The van der Waals surface area contributed by atoms with Crippen molar-refractivity contribution in [3.8, 4) is 0 Å². The maximum atomic E-state index is 12.9. The van der Waals surface area contributed by atoms with E-state index in [9.17, 15) is 9.59 Å². The largest absolute Gasteiger partial charge is 0.362 e. The van der Waals surface area contributed by atoms with Crippen molar-refractivity contribution in [1.29, 1.82) is 0 Å². The molecule has 24 heavy (non-hydrogen) atoms. The molecule has 0 aliphatic carbocycles. The first kappa shape index (κ1) is 16.7. The van der Waals surface area contributed by atoms with Crippen LogP contribution in [0.25, 0.3) is 0 Å². The molecule has 130 valence electrons. The van der Waals surface area contributed by atoms with Crippen LogP contribution < -0.4 is 4.90 Å². The minimum Gasteiger partial charge on any atom is -0.362 e. The number of carbonyl (C=O) groups is 2. The van der Waals surface area contributed by atoms with E-state index >= 15 is 0 Å². The highest BCUT2D eigenvalue weighted by Gasteiger charge is 2.43. The van der Waals surface area contributed by atoms with Gasteiger partial charge in [-0.1, -0.05) is 6.07 Å². The van der Waals surface area contributed by atoms with Crippen molar-refractivity contribution in [2.24, 2.45) is 0 Å². The zero-order valence-electron chi connectivity index (χ0n) is 14.3. The molecule has 0 bridgehead atoms. The van der Waals surface area contributed by atoms with Crippen LogP contribution in [0.2, 0.25) is 0 Å². The predicted octanol–water partition coefficient (Wildman–Crippen LogP) is 0.368. The van der Waals surface area contributed by atoms with Gasteiger partial charge in [-0.15, -0.1) is 0 Å². The summed E-state index contributed by atoms with van der Waals surface area (Å²) in [6.07, 6.45) is 1.78. The summed E-state index contributed by atoms with van der Waals surface area (Å²) < 4.78 is 5.76. The Kier molecular flexibility index (Phi) is 4.71. The fourth-order valence-electron chi connectivity index (χ4n) is 3.28. The number of anilines is 1. The molecule has 0 radical (unpaired) electrons. The Balaban J connectivity index is 1.61. The van der Waals surface area contributed by atoms with Crippen molar-refractivity contribution >= 4 is 17.6 Å². The van der Waals surface area contributed by atoms with E-state index in [1.807, 2.05) is 23.1 Å². The van der Waals surface area contributed by atoms with Gasteiger partial charge in [0, 0.05) is 45.8 Å². The van der Waals surface area contributed by atoms with Gasteiger partial charge in [0.15, 0.2) is 5.60 Å². The lowest BCUT2D eigenvalue weighted by atomic mass is 10.0. The molecule has 0 saturated carbocycles. The number of morpholine rings is 1. The fraction of sp³-hybridized carbons (Fsp3) is 0.588. The van der Waals surface area contributed by atoms with Crippen LogP contribution in [-0.2, 0) is 14.3 Å². The molecule has 7 nitrogen and oxygen atoms in total. The standard InChI is InChI=1S/C17H24N4O3/c1-14(22)21-11-12-24-17(2,13-21)16(23)20-9-7-19(8-10-20)15-5-3-4-6-18-15/h3-6H,7-13H2,1-2H3/t17-/m0/s1. The normalized spacial score (nSPS) is 24.8. The first-order chi connectivity index (χ1) is 11.5. The first-order valence-corrected chi connectivity index (χ1v) is 8.34. The van der Waals surface area contributed by atoms with E-state index in [0.717, 1.165) is 18.9 Å². The van der Waals surface area contributed by atoms with Crippen molar-refractivity contribution < 1.29 is 14.3 Å². The van der Waals surface area contributed by atoms with E-state index in [4.69, 9.17) is 4.74 Å². The second-order valence-corrected chi connectivity index (χ2v) is 6.49. The van der Waals surface area contributed by atoms with Crippen LogP contribution in [0.3, 0.4) is 0 Å². The van der Waals surface area contributed by atoms with Gasteiger partial charge in [0.05, 0.1) is 13.2 Å². The van der Waals surface area contributed by atoms with Crippen LogP contribution >= 0.6 is 0 Å². The van der Waals surface area contributed by atoms with Gasteiger partial charge in [0.2, 0.25) is 5.91 Å². The van der Waals surface area contributed by atoms with Crippen molar-refractivity contribution in [3.05, 3.63) is 24.4 Å². The number of amides is 2. The van der Waals surface area contributed by atoms with Gasteiger partial charge in [-0.25, -0.2) is 4.98 Å². The number of hydrogen-bond acceptors (Lipinski definition) is 5. The van der Waals surface area contributed by atoms with Gasteiger partial charge >= 0.3 is 0 Å².